The van der Waals surface area contributed by atoms with Gasteiger partial charge in [0.1, 0.15) is 0 Å². The van der Waals surface area contributed by atoms with Gasteiger partial charge in [-0.15, -0.1) is 0 Å². The number of halogens is 1. The number of anilines is 1. The van der Waals surface area contributed by atoms with E-state index in [0.29, 0.717) is 19.1 Å². The first kappa shape index (κ1) is 15.7. The molecule has 2 rings (SSSR count). The number of pyridine rings is 1. The van der Waals surface area contributed by atoms with Gasteiger partial charge in [-0.2, -0.15) is 0 Å². The minimum absolute atomic E-state index is 0.503. The first-order valence-corrected chi connectivity index (χ1v) is 7.35. The summed E-state index contributed by atoms with van der Waals surface area (Å²) in [6.07, 6.45) is 2.60. The van der Waals surface area contributed by atoms with Crippen LogP contribution in [0.25, 0.3) is 10.9 Å². The summed E-state index contributed by atoms with van der Waals surface area (Å²) in [5.41, 5.74) is 4.28. The number of benzene rings is 1. The highest BCUT2D eigenvalue weighted by Crippen LogP contribution is 2.23. The summed E-state index contributed by atoms with van der Waals surface area (Å²) in [6.45, 7) is 1.30. The number of rotatable bonds is 5. The van der Waals surface area contributed by atoms with Crippen LogP contribution >= 0.6 is 15.9 Å². The van der Waals surface area contributed by atoms with Crippen LogP contribution in [0.3, 0.4) is 0 Å². The predicted octanol–water partition coefficient (Wildman–Crippen LogP) is 2.26. The second kappa shape index (κ2) is 7.92. The van der Waals surface area contributed by atoms with Crippen LogP contribution in [-0.4, -0.2) is 31.2 Å². The van der Waals surface area contributed by atoms with Crippen molar-refractivity contribution in [1.29, 1.82) is 0 Å². The van der Waals surface area contributed by atoms with Gasteiger partial charge in [0.2, 0.25) is 5.96 Å². The maximum absolute atomic E-state index is 5.50. The van der Waals surface area contributed by atoms with E-state index in [1.165, 1.54) is 0 Å². The lowest BCUT2D eigenvalue weighted by molar-refractivity contribution is 0.197. The minimum Gasteiger partial charge on any atom is -0.385 e. The molecule has 7 heteroatoms. The second-order valence-electron chi connectivity index (χ2n) is 4.38. The molecule has 1 aromatic heterocycles. The van der Waals surface area contributed by atoms with Gasteiger partial charge >= 0.3 is 0 Å². The Balaban J connectivity index is 2.17. The molecule has 112 valence electrons. The van der Waals surface area contributed by atoms with Crippen LogP contribution in [0.15, 0.2) is 39.9 Å². The number of nitrogens with two attached hydrogens (primary N) is 1. The van der Waals surface area contributed by atoms with E-state index in [2.05, 4.69) is 36.6 Å². The third-order valence-electron chi connectivity index (χ3n) is 2.84. The van der Waals surface area contributed by atoms with Gasteiger partial charge in [0.05, 0.1) is 11.2 Å². The fourth-order valence-corrected chi connectivity index (χ4v) is 2.23. The van der Waals surface area contributed by atoms with Gasteiger partial charge in [0, 0.05) is 36.3 Å². The zero-order chi connectivity index (χ0) is 15.1. The second-order valence-corrected chi connectivity index (χ2v) is 5.29. The molecule has 0 amide bonds. The van der Waals surface area contributed by atoms with Crippen LogP contribution in [0.4, 0.5) is 5.69 Å². The third kappa shape index (κ3) is 4.38. The van der Waals surface area contributed by atoms with Crippen molar-refractivity contribution in [3.8, 4) is 0 Å². The summed E-state index contributed by atoms with van der Waals surface area (Å²) in [5.74, 6) is 6.00. The Hall–Kier alpha value is -1.70. The maximum atomic E-state index is 5.50. The minimum atomic E-state index is 0.503. The molecule has 0 aliphatic rings. The fourth-order valence-electron chi connectivity index (χ4n) is 1.88. The summed E-state index contributed by atoms with van der Waals surface area (Å²) >= 11 is 3.42. The van der Waals surface area contributed by atoms with Crippen LogP contribution in [0.2, 0.25) is 0 Å². The van der Waals surface area contributed by atoms with E-state index in [1.807, 2.05) is 24.3 Å². The maximum Gasteiger partial charge on any atom is 0.210 e. The van der Waals surface area contributed by atoms with E-state index in [0.717, 1.165) is 27.5 Å². The monoisotopic (exact) mass is 351 g/mol. The number of aliphatic imine (C=N–C) groups is 1. The highest BCUT2D eigenvalue weighted by atomic mass is 79.9. The van der Waals surface area contributed by atoms with E-state index >= 15 is 0 Å². The van der Waals surface area contributed by atoms with Crippen LogP contribution < -0.4 is 16.6 Å². The Labute approximate surface area is 131 Å². The quantitative estimate of drug-likeness (QED) is 0.253. The Kier molecular flexibility index (Phi) is 5.91. The SMILES string of the molecule is COCCCN=C(NN)Nc1cccc2cc(Br)cnc12. The molecule has 0 saturated carbocycles. The zero-order valence-electron chi connectivity index (χ0n) is 11.8. The molecule has 0 saturated heterocycles. The van der Waals surface area contributed by atoms with Crippen molar-refractivity contribution >= 4 is 38.5 Å². The number of hydrogen-bond donors (Lipinski definition) is 3. The summed E-state index contributed by atoms with van der Waals surface area (Å²) in [6, 6.07) is 7.91. The molecule has 0 bridgehead atoms. The highest BCUT2D eigenvalue weighted by molar-refractivity contribution is 9.10. The lowest BCUT2D eigenvalue weighted by Gasteiger charge is -2.11. The Morgan fingerprint density at radius 2 is 2.33 bits per heavy atom. The summed E-state index contributed by atoms with van der Waals surface area (Å²) in [5, 5.41) is 4.20. The van der Waals surface area contributed by atoms with Crippen LogP contribution in [-0.2, 0) is 4.74 Å². The predicted molar refractivity (Wildman–Crippen MR) is 89.2 cm³/mol. The van der Waals surface area contributed by atoms with Gasteiger partial charge in [-0.3, -0.25) is 15.4 Å². The number of para-hydroxylation sites is 1. The van der Waals surface area contributed by atoms with Crippen molar-refractivity contribution in [2.75, 3.05) is 25.6 Å². The smallest absolute Gasteiger partial charge is 0.210 e. The standard InChI is InChI=1S/C14H18BrN5O/c1-21-7-3-6-17-14(20-16)19-12-5-2-4-10-8-11(15)9-18-13(10)12/h2,4-5,8-9H,3,6-7,16H2,1H3,(H2,17,19,20). The third-order valence-corrected chi connectivity index (χ3v) is 3.28. The lowest BCUT2D eigenvalue weighted by Crippen LogP contribution is -2.36. The van der Waals surface area contributed by atoms with Crippen molar-refractivity contribution in [2.45, 2.75) is 6.42 Å². The number of hydrazine groups is 1. The molecular formula is C14H18BrN5O. The zero-order valence-corrected chi connectivity index (χ0v) is 13.4. The van der Waals surface area contributed by atoms with E-state index < -0.39 is 0 Å². The molecule has 0 unspecified atom stereocenters. The van der Waals surface area contributed by atoms with Crippen LogP contribution in [0, 0.1) is 0 Å². The molecular weight excluding hydrogens is 334 g/mol. The van der Waals surface area contributed by atoms with Gasteiger partial charge in [-0.05, 0) is 34.5 Å². The van der Waals surface area contributed by atoms with E-state index in [9.17, 15) is 0 Å². The molecule has 0 aliphatic heterocycles. The Morgan fingerprint density at radius 3 is 3.10 bits per heavy atom. The van der Waals surface area contributed by atoms with Crippen LogP contribution in [0.1, 0.15) is 6.42 Å². The number of nitrogens with zero attached hydrogens (tertiary/aromatic N) is 2. The number of fused-ring (bicyclic) bond motifs is 1. The summed E-state index contributed by atoms with van der Waals surface area (Å²) in [7, 11) is 1.67. The number of hydrogen-bond acceptors (Lipinski definition) is 4. The van der Waals surface area contributed by atoms with Crippen molar-refractivity contribution in [3.05, 3.63) is 34.9 Å². The van der Waals surface area contributed by atoms with Gasteiger partial charge in [0.25, 0.3) is 0 Å². The lowest BCUT2D eigenvalue weighted by atomic mass is 10.2. The Bertz CT molecular complexity index is 632. The Morgan fingerprint density at radius 1 is 1.48 bits per heavy atom. The van der Waals surface area contributed by atoms with Gasteiger partial charge < -0.3 is 10.1 Å². The fraction of sp³-hybridized carbons (Fsp3) is 0.286. The van der Waals surface area contributed by atoms with Crippen LogP contribution in [0.5, 0.6) is 0 Å². The highest BCUT2D eigenvalue weighted by Gasteiger charge is 2.05. The molecule has 0 aliphatic carbocycles. The van der Waals surface area contributed by atoms with Crippen molar-refractivity contribution in [3.63, 3.8) is 0 Å². The largest absolute Gasteiger partial charge is 0.385 e. The number of ether oxygens (including phenoxy) is 1. The number of methoxy groups -OCH3 is 1. The van der Waals surface area contributed by atoms with Gasteiger partial charge in [-0.25, -0.2) is 5.84 Å². The number of guanidine groups is 1. The van der Waals surface area contributed by atoms with E-state index in [4.69, 9.17) is 10.6 Å². The molecule has 0 radical (unpaired) electrons. The molecule has 4 N–H and O–H groups in total. The summed E-state index contributed by atoms with van der Waals surface area (Å²) < 4.78 is 5.93. The number of nitrogens with one attached hydrogen (secondary N) is 2. The van der Waals surface area contributed by atoms with E-state index in [-0.39, 0.29) is 0 Å². The van der Waals surface area contributed by atoms with Gasteiger partial charge in [0.15, 0.2) is 0 Å². The molecule has 0 spiro atoms. The van der Waals surface area contributed by atoms with Crippen molar-refractivity contribution < 1.29 is 4.74 Å². The van der Waals surface area contributed by atoms with Gasteiger partial charge in [-0.1, -0.05) is 12.1 Å². The molecule has 6 nitrogen and oxygen atoms in total. The average molecular weight is 352 g/mol. The van der Waals surface area contributed by atoms with Crippen molar-refractivity contribution in [2.24, 2.45) is 10.8 Å². The topological polar surface area (TPSA) is 84.6 Å². The molecule has 1 aromatic carbocycles. The summed E-state index contributed by atoms with van der Waals surface area (Å²) in [4.78, 5) is 8.78. The average Bonchev–Trinajstić information content (AvgIpc) is 2.50. The van der Waals surface area contributed by atoms with E-state index in [1.54, 1.807) is 13.3 Å². The molecule has 0 atom stereocenters. The normalized spacial score (nSPS) is 11.7. The molecule has 21 heavy (non-hydrogen) atoms. The first-order valence-electron chi connectivity index (χ1n) is 6.56. The molecule has 1 heterocycles. The number of aromatic nitrogens is 1. The van der Waals surface area contributed by atoms with Crippen molar-refractivity contribution in [1.82, 2.24) is 10.4 Å². The molecule has 2 aromatic rings. The molecule has 0 fully saturated rings. The first-order chi connectivity index (χ1) is 10.2.